The van der Waals surface area contributed by atoms with Gasteiger partial charge in [-0.3, -0.25) is 4.79 Å². The summed E-state index contributed by atoms with van der Waals surface area (Å²) >= 11 is 8.34. The van der Waals surface area contributed by atoms with Gasteiger partial charge in [-0.25, -0.2) is 0 Å². The minimum atomic E-state index is -4.44. The van der Waals surface area contributed by atoms with Crippen molar-refractivity contribution in [2.75, 3.05) is 0 Å². The van der Waals surface area contributed by atoms with E-state index in [2.05, 4.69) is 15.9 Å². The van der Waals surface area contributed by atoms with Crippen LogP contribution in [0.15, 0.2) is 27.6 Å². The van der Waals surface area contributed by atoms with Gasteiger partial charge in [-0.2, -0.15) is 13.2 Å². The van der Waals surface area contributed by atoms with Crippen LogP contribution >= 0.6 is 39.3 Å². The number of thioether (sulfide) groups is 1. The molecule has 0 heterocycles. The summed E-state index contributed by atoms with van der Waals surface area (Å²) < 4.78 is 37.4. The van der Waals surface area contributed by atoms with Gasteiger partial charge in [-0.1, -0.05) is 15.9 Å². The van der Waals surface area contributed by atoms with Gasteiger partial charge in [-0.15, -0.1) is 11.6 Å². The topological polar surface area (TPSA) is 17.1 Å². The molecule has 0 aliphatic rings. The zero-order valence-corrected chi connectivity index (χ0v) is 11.7. The lowest BCUT2D eigenvalue weighted by Gasteiger charge is -2.11. The third kappa shape index (κ3) is 4.52. The number of alkyl halides is 4. The van der Waals surface area contributed by atoms with Crippen LogP contribution in [0.3, 0.4) is 0 Å². The van der Waals surface area contributed by atoms with E-state index >= 15 is 0 Å². The van der Waals surface area contributed by atoms with E-state index in [0.29, 0.717) is 4.47 Å². The van der Waals surface area contributed by atoms with Gasteiger partial charge in [0.25, 0.3) is 0 Å². The van der Waals surface area contributed by atoms with E-state index in [4.69, 9.17) is 11.6 Å². The molecule has 0 N–H and O–H groups in total. The summed E-state index contributed by atoms with van der Waals surface area (Å²) in [6, 6.07) is 4.09. The summed E-state index contributed by atoms with van der Waals surface area (Å²) in [5.41, 5.74) is -4.45. The molecule has 7 heteroatoms. The van der Waals surface area contributed by atoms with Gasteiger partial charge >= 0.3 is 5.51 Å². The van der Waals surface area contributed by atoms with Crippen molar-refractivity contribution in [2.45, 2.75) is 22.7 Å². The number of carbonyl (C=O) groups excluding carboxylic acids is 1. The molecule has 0 fully saturated rings. The SMILES string of the molecule is CC(Cl)C(=O)c1ccc(Br)cc1SC(F)(F)F. The van der Waals surface area contributed by atoms with Crippen LogP contribution in [0.2, 0.25) is 0 Å². The third-order valence-corrected chi connectivity index (χ3v) is 3.28. The predicted octanol–water partition coefficient (Wildman–Crippen LogP) is 4.87. The Labute approximate surface area is 114 Å². The van der Waals surface area contributed by atoms with Gasteiger partial charge in [0.2, 0.25) is 0 Å². The van der Waals surface area contributed by atoms with Crippen LogP contribution in [0.5, 0.6) is 0 Å². The molecule has 1 unspecified atom stereocenters. The summed E-state index contributed by atoms with van der Waals surface area (Å²) in [7, 11) is 0. The van der Waals surface area contributed by atoms with Crippen LogP contribution in [0.25, 0.3) is 0 Å². The van der Waals surface area contributed by atoms with Crippen LogP contribution in [-0.4, -0.2) is 16.7 Å². The molecule has 1 nitrogen and oxygen atoms in total. The minimum Gasteiger partial charge on any atom is -0.292 e. The highest BCUT2D eigenvalue weighted by atomic mass is 79.9. The van der Waals surface area contributed by atoms with Gasteiger partial charge in [0.1, 0.15) is 0 Å². The first kappa shape index (κ1) is 14.9. The lowest BCUT2D eigenvalue weighted by atomic mass is 10.1. The predicted molar refractivity (Wildman–Crippen MR) is 65.7 cm³/mol. The van der Waals surface area contributed by atoms with E-state index in [1.54, 1.807) is 0 Å². The fourth-order valence-corrected chi connectivity index (χ4v) is 2.47. The van der Waals surface area contributed by atoms with E-state index in [9.17, 15) is 18.0 Å². The molecule has 0 spiro atoms. The van der Waals surface area contributed by atoms with Gasteiger partial charge in [0, 0.05) is 14.9 Å². The first-order valence-corrected chi connectivity index (χ1v) is 6.49. The molecule has 0 aliphatic carbocycles. The van der Waals surface area contributed by atoms with E-state index in [0.717, 1.165) is 0 Å². The molecule has 17 heavy (non-hydrogen) atoms. The summed E-state index contributed by atoms with van der Waals surface area (Å²) in [4.78, 5) is 11.5. The first-order valence-electron chi connectivity index (χ1n) is 4.44. The first-order chi connectivity index (χ1) is 7.70. The van der Waals surface area contributed by atoms with E-state index in [-0.39, 0.29) is 22.2 Å². The van der Waals surface area contributed by atoms with Crippen molar-refractivity contribution >= 4 is 45.1 Å². The summed E-state index contributed by atoms with van der Waals surface area (Å²) in [5, 5.41) is -0.858. The van der Waals surface area contributed by atoms with E-state index in [1.165, 1.54) is 25.1 Å². The number of ketones is 1. The second kappa shape index (κ2) is 5.63. The Balaban J connectivity index is 3.17. The Morgan fingerprint density at radius 3 is 2.53 bits per heavy atom. The normalized spacial score (nSPS) is 13.5. The maximum atomic E-state index is 12.3. The lowest BCUT2D eigenvalue weighted by Crippen LogP contribution is -2.13. The molecule has 1 atom stereocenters. The largest absolute Gasteiger partial charge is 0.446 e. The number of Topliss-reactive ketones (excluding diaryl/α,β-unsaturated/α-hetero) is 1. The molecule has 0 aromatic heterocycles. The highest BCUT2D eigenvalue weighted by Gasteiger charge is 2.32. The van der Waals surface area contributed by atoms with Crippen molar-refractivity contribution in [1.82, 2.24) is 0 Å². The molecule has 94 valence electrons. The molecule has 0 aliphatic heterocycles. The molecule has 0 saturated carbocycles. The monoisotopic (exact) mass is 346 g/mol. The summed E-state index contributed by atoms with van der Waals surface area (Å²) in [6.07, 6.45) is 0. The van der Waals surface area contributed by atoms with Crippen LogP contribution < -0.4 is 0 Å². The number of rotatable bonds is 3. The van der Waals surface area contributed by atoms with Crippen molar-refractivity contribution in [1.29, 1.82) is 0 Å². The minimum absolute atomic E-state index is 0.0157. The number of hydrogen-bond acceptors (Lipinski definition) is 2. The van der Waals surface area contributed by atoms with Crippen molar-refractivity contribution in [2.24, 2.45) is 0 Å². The number of benzene rings is 1. The number of hydrogen-bond donors (Lipinski definition) is 0. The second-order valence-corrected chi connectivity index (χ2v) is 5.85. The summed E-state index contributed by atoms with van der Waals surface area (Å²) in [5.74, 6) is -0.522. The smallest absolute Gasteiger partial charge is 0.292 e. The Kier molecular flexibility index (Phi) is 4.92. The van der Waals surface area contributed by atoms with Crippen LogP contribution in [0, 0.1) is 0 Å². The molecular weight excluding hydrogens is 341 g/mol. The fraction of sp³-hybridized carbons (Fsp3) is 0.300. The van der Waals surface area contributed by atoms with Crippen molar-refractivity contribution in [3.8, 4) is 0 Å². The third-order valence-electron chi connectivity index (χ3n) is 1.80. The van der Waals surface area contributed by atoms with E-state index < -0.39 is 16.7 Å². The average molecular weight is 348 g/mol. The van der Waals surface area contributed by atoms with Crippen molar-refractivity contribution in [3.63, 3.8) is 0 Å². The van der Waals surface area contributed by atoms with Gasteiger partial charge in [0.15, 0.2) is 5.78 Å². The molecule has 0 amide bonds. The van der Waals surface area contributed by atoms with Gasteiger partial charge in [0.05, 0.1) is 5.38 Å². The Hall–Kier alpha value is -0.200. The fourth-order valence-electron chi connectivity index (χ4n) is 1.12. The zero-order chi connectivity index (χ0) is 13.2. The number of halogens is 5. The van der Waals surface area contributed by atoms with Crippen LogP contribution in [0.4, 0.5) is 13.2 Å². The molecule has 0 radical (unpaired) electrons. The average Bonchev–Trinajstić information content (AvgIpc) is 2.14. The highest BCUT2D eigenvalue weighted by Crippen LogP contribution is 2.40. The quantitative estimate of drug-likeness (QED) is 0.441. The molecule has 0 bridgehead atoms. The Morgan fingerprint density at radius 1 is 1.47 bits per heavy atom. The molecule has 1 aromatic carbocycles. The Morgan fingerprint density at radius 2 is 2.06 bits per heavy atom. The maximum Gasteiger partial charge on any atom is 0.446 e. The molecular formula is C10H7BrClF3OS. The lowest BCUT2D eigenvalue weighted by molar-refractivity contribution is -0.0328. The van der Waals surface area contributed by atoms with Crippen LogP contribution in [-0.2, 0) is 0 Å². The molecule has 1 rings (SSSR count). The van der Waals surface area contributed by atoms with Gasteiger partial charge < -0.3 is 0 Å². The standard InChI is InChI=1S/C10H7BrClF3OS/c1-5(12)9(16)7-3-2-6(11)4-8(7)17-10(13,14)15/h2-5H,1H3. The number of carbonyl (C=O) groups is 1. The second-order valence-electron chi connectivity index (χ2n) is 3.17. The van der Waals surface area contributed by atoms with Crippen LogP contribution in [0.1, 0.15) is 17.3 Å². The van der Waals surface area contributed by atoms with Crippen molar-refractivity contribution < 1.29 is 18.0 Å². The molecule has 1 aromatic rings. The van der Waals surface area contributed by atoms with Crippen molar-refractivity contribution in [3.05, 3.63) is 28.2 Å². The van der Waals surface area contributed by atoms with Gasteiger partial charge in [-0.05, 0) is 36.9 Å². The zero-order valence-electron chi connectivity index (χ0n) is 8.52. The Bertz CT molecular complexity index is 434. The molecule has 0 saturated heterocycles. The van der Waals surface area contributed by atoms with E-state index in [1.807, 2.05) is 0 Å². The summed E-state index contributed by atoms with van der Waals surface area (Å²) in [6.45, 7) is 1.42. The highest BCUT2D eigenvalue weighted by molar-refractivity contribution is 9.10. The maximum absolute atomic E-state index is 12.3.